The van der Waals surface area contributed by atoms with Crippen molar-refractivity contribution in [2.75, 3.05) is 26.2 Å². The number of carbonyl (C=O) groups excluding carboxylic acids is 1. The zero-order chi connectivity index (χ0) is 22.4. The summed E-state index contributed by atoms with van der Waals surface area (Å²) in [5.74, 6) is -5.28. The second-order valence-electron chi connectivity index (χ2n) is 8.51. The zero-order valence-electron chi connectivity index (χ0n) is 18.3. The number of carbonyl (C=O) groups is 3. The second kappa shape index (κ2) is 14.1. The number of carboxylic acids is 3. The molecule has 29 heavy (non-hydrogen) atoms. The minimum absolute atomic E-state index is 0.173. The summed E-state index contributed by atoms with van der Waals surface area (Å²) >= 11 is 0. The molecule has 168 valence electrons. The van der Waals surface area contributed by atoms with Crippen molar-refractivity contribution in [3.8, 4) is 0 Å². The molecule has 0 aliphatic rings. The molecule has 0 saturated heterocycles. The first-order valence-electron chi connectivity index (χ1n) is 10.7. The Hall–Kier alpha value is -1.89. The largest absolute Gasteiger partial charge is 0.550 e. The van der Waals surface area contributed by atoms with Gasteiger partial charge in [0.05, 0.1) is 26.2 Å². The van der Waals surface area contributed by atoms with Gasteiger partial charge in [0.2, 0.25) is 0 Å². The van der Waals surface area contributed by atoms with Gasteiger partial charge < -0.3 is 24.6 Å². The Morgan fingerprint density at radius 3 is 1.66 bits per heavy atom. The van der Waals surface area contributed by atoms with Crippen molar-refractivity contribution < 1.29 is 34.2 Å². The summed E-state index contributed by atoms with van der Waals surface area (Å²) in [6, 6.07) is 0. The minimum atomic E-state index is -1.19. The Bertz CT molecular complexity index is 478. The quantitative estimate of drug-likeness (QED) is 0.203. The molecular weight excluding hydrogens is 374 g/mol. The van der Waals surface area contributed by atoms with Gasteiger partial charge in [-0.2, -0.15) is 0 Å². The van der Waals surface area contributed by atoms with Crippen LogP contribution in [0.15, 0.2) is 12.7 Å². The first-order valence-corrected chi connectivity index (χ1v) is 10.7. The highest BCUT2D eigenvalue weighted by Crippen LogP contribution is 2.22. The third-order valence-corrected chi connectivity index (χ3v) is 5.52. The van der Waals surface area contributed by atoms with Crippen molar-refractivity contribution in [2.45, 2.75) is 65.7 Å². The first kappa shape index (κ1) is 27.1. The van der Waals surface area contributed by atoms with Crippen LogP contribution >= 0.6 is 0 Å². The SMILES string of the molecule is C=CCCCCCCCC[N+](CC(C)C(=O)[O-])(CC(C)C(=O)O)CC(C)C(=O)O. The number of allylic oxidation sites excluding steroid dienone is 1. The van der Waals surface area contributed by atoms with Gasteiger partial charge in [-0.05, 0) is 39.5 Å². The second-order valence-corrected chi connectivity index (χ2v) is 8.51. The molecule has 7 heteroatoms. The average molecular weight is 414 g/mol. The summed E-state index contributed by atoms with van der Waals surface area (Å²) in [5, 5.41) is 30.1. The predicted molar refractivity (Wildman–Crippen MR) is 110 cm³/mol. The molecule has 0 aliphatic carbocycles. The smallest absolute Gasteiger partial charge is 0.311 e. The maximum Gasteiger partial charge on any atom is 0.311 e. The molecule has 0 fully saturated rings. The number of quaternary nitrogens is 1. The van der Waals surface area contributed by atoms with Crippen molar-refractivity contribution in [1.82, 2.24) is 0 Å². The molecule has 0 aromatic carbocycles. The fourth-order valence-electron chi connectivity index (χ4n) is 3.91. The molecule has 0 aliphatic heterocycles. The maximum absolute atomic E-state index is 11.5. The summed E-state index contributed by atoms with van der Waals surface area (Å²) in [6.45, 7) is 9.60. The van der Waals surface area contributed by atoms with Gasteiger partial charge in [-0.15, -0.1) is 6.58 Å². The minimum Gasteiger partial charge on any atom is -0.550 e. The molecule has 0 amide bonds. The molecule has 3 unspecified atom stereocenters. The molecule has 0 spiro atoms. The number of unbranched alkanes of at least 4 members (excludes halogenated alkanes) is 6. The number of carboxylic acid groups (broad SMARTS) is 3. The lowest BCUT2D eigenvalue weighted by atomic mass is 10.0. The van der Waals surface area contributed by atoms with Crippen LogP contribution in [0.2, 0.25) is 0 Å². The van der Waals surface area contributed by atoms with E-state index in [1.807, 2.05) is 6.08 Å². The van der Waals surface area contributed by atoms with Gasteiger partial charge in [-0.3, -0.25) is 9.59 Å². The van der Waals surface area contributed by atoms with Crippen molar-refractivity contribution in [1.29, 1.82) is 0 Å². The summed E-state index contributed by atoms with van der Waals surface area (Å²) in [6.07, 6.45) is 9.12. The molecule has 0 radical (unpaired) electrons. The molecule has 2 N–H and O–H groups in total. The molecule has 0 bridgehead atoms. The molecule has 3 atom stereocenters. The molecule has 0 aromatic heterocycles. The van der Waals surface area contributed by atoms with Crippen LogP contribution in [0.5, 0.6) is 0 Å². The normalized spacial score (nSPS) is 16.4. The number of nitrogens with zero attached hydrogens (tertiary/aromatic N) is 1. The van der Waals surface area contributed by atoms with E-state index in [1.165, 1.54) is 0 Å². The van der Waals surface area contributed by atoms with Crippen LogP contribution in [0, 0.1) is 17.8 Å². The van der Waals surface area contributed by atoms with Gasteiger partial charge >= 0.3 is 11.9 Å². The van der Waals surface area contributed by atoms with Crippen molar-refractivity contribution in [3.05, 3.63) is 12.7 Å². The van der Waals surface area contributed by atoms with Gasteiger partial charge in [-0.1, -0.05) is 32.3 Å². The van der Waals surface area contributed by atoms with E-state index in [1.54, 1.807) is 20.8 Å². The summed E-state index contributed by atoms with van der Waals surface area (Å²) < 4.78 is 0.173. The Morgan fingerprint density at radius 1 is 0.828 bits per heavy atom. The maximum atomic E-state index is 11.5. The zero-order valence-corrected chi connectivity index (χ0v) is 18.3. The molecule has 0 saturated carbocycles. The van der Waals surface area contributed by atoms with Crippen molar-refractivity contribution >= 4 is 17.9 Å². The molecular formula is C22H39NO6. The Morgan fingerprint density at radius 2 is 1.24 bits per heavy atom. The van der Waals surface area contributed by atoms with Crippen LogP contribution in [0.25, 0.3) is 0 Å². The van der Waals surface area contributed by atoms with E-state index >= 15 is 0 Å². The number of aliphatic carboxylic acids is 3. The summed E-state index contributed by atoms with van der Waals surface area (Å²) in [5.41, 5.74) is 0. The van der Waals surface area contributed by atoms with Crippen LogP contribution in [-0.4, -0.2) is 58.8 Å². The fraction of sp³-hybridized carbons (Fsp3) is 0.773. The number of hydrogen-bond donors (Lipinski definition) is 2. The predicted octanol–water partition coefficient (Wildman–Crippen LogP) is 2.55. The van der Waals surface area contributed by atoms with Crippen molar-refractivity contribution in [2.24, 2.45) is 17.8 Å². The monoisotopic (exact) mass is 413 g/mol. The van der Waals surface area contributed by atoms with Gasteiger partial charge in [0.15, 0.2) is 0 Å². The van der Waals surface area contributed by atoms with Crippen molar-refractivity contribution in [3.63, 3.8) is 0 Å². The van der Waals surface area contributed by atoms with E-state index in [2.05, 4.69) is 6.58 Å². The van der Waals surface area contributed by atoms with E-state index in [0.29, 0.717) is 6.54 Å². The number of rotatable bonds is 18. The number of hydrogen-bond acceptors (Lipinski definition) is 4. The average Bonchev–Trinajstić information content (AvgIpc) is 2.63. The third-order valence-electron chi connectivity index (χ3n) is 5.52. The standard InChI is InChI=1S/C22H39NO6/c1-5-6-7-8-9-10-11-12-13-23(14-17(2)20(24)25,15-18(3)21(26)27)16-19(4)22(28)29/h5,17-19H,1,6-16H2,2-4H3,(H2-,24,25,26,27,28,29). The van der Waals surface area contributed by atoms with Gasteiger partial charge in [0.25, 0.3) is 0 Å². The summed E-state index contributed by atoms with van der Waals surface area (Å²) in [4.78, 5) is 34.3. The van der Waals surface area contributed by atoms with Gasteiger partial charge in [0, 0.05) is 11.9 Å². The molecule has 0 heterocycles. The van der Waals surface area contributed by atoms with E-state index in [0.717, 1.165) is 44.9 Å². The van der Waals surface area contributed by atoms with E-state index < -0.39 is 35.7 Å². The Kier molecular flexibility index (Phi) is 13.2. The van der Waals surface area contributed by atoms with Gasteiger partial charge in [-0.25, -0.2) is 0 Å². The lowest BCUT2D eigenvalue weighted by Gasteiger charge is -2.43. The molecule has 0 rings (SSSR count). The molecule has 7 nitrogen and oxygen atoms in total. The first-order chi connectivity index (χ1) is 13.5. The third kappa shape index (κ3) is 11.6. The van der Waals surface area contributed by atoms with Crippen LogP contribution in [0.4, 0.5) is 0 Å². The highest BCUT2D eigenvalue weighted by molar-refractivity contribution is 5.70. The van der Waals surface area contributed by atoms with E-state index in [9.17, 15) is 29.7 Å². The highest BCUT2D eigenvalue weighted by atomic mass is 16.4. The van der Waals surface area contributed by atoms with Crippen LogP contribution in [-0.2, 0) is 14.4 Å². The van der Waals surface area contributed by atoms with Crippen LogP contribution in [0.1, 0.15) is 65.7 Å². The Balaban J connectivity index is 5.20. The van der Waals surface area contributed by atoms with Crippen LogP contribution < -0.4 is 5.11 Å². The highest BCUT2D eigenvalue weighted by Gasteiger charge is 2.36. The Labute approximate surface area is 175 Å². The van der Waals surface area contributed by atoms with E-state index in [-0.39, 0.29) is 24.1 Å². The van der Waals surface area contributed by atoms with Gasteiger partial charge in [0.1, 0.15) is 11.8 Å². The topological polar surface area (TPSA) is 115 Å². The van der Waals surface area contributed by atoms with Crippen LogP contribution in [0.3, 0.4) is 0 Å². The summed E-state index contributed by atoms with van der Waals surface area (Å²) in [7, 11) is 0. The van der Waals surface area contributed by atoms with E-state index in [4.69, 9.17) is 0 Å². The lowest BCUT2D eigenvalue weighted by molar-refractivity contribution is -0.934. The fourth-order valence-corrected chi connectivity index (χ4v) is 3.91. The molecule has 0 aromatic rings. The lowest BCUT2D eigenvalue weighted by Crippen LogP contribution is -2.58.